The lowest BCUT2D eigenvalue weighted by molar-refractivity contribution is 0.0904. The van der Waals surface area contributed by atoms with Gasteiger partial charge >= 0.3 is 0 Å². The molecule has 1 aliphatic rings. The zero-order chi connectivity index (χ0) is 32.0. The van der Waals surface area contributed by atoms with Crippen molar-refractivity contribution in [2.45, 2.75) is 65.2 Å². The Kier molecular flexibility index (Phi) is 9.60. The van der Waals surface area contributed by atoms with Crippen molar-refractivity contribution in [3.8, 4) is 5.75 Å². The maximum absolute atomic E-state index is 13.3. The second-order valence-electron chi connectivity index (χ2n) is 11.7. The SMILES string of the molecule is CCc1nc2c(cnn2CC)c(NC2CCOCC2)c1CNC(=O)c1ccc(CNCCc2ccc(O)c3[nH]c(=O)ccc23)cc1. The van der Waals surface area contributed by atoms with Gasteiger partial charge in [-0.3, -0.25) is 9.59 Å². The number of phenolic OH excluding ortho intramolecular Hbond substituents is 1. The Labute approximate surface area is 267 Å². The Morgan fingerprint density at radius 1 is 1.04 bits per heavy atom. The van der Waals surface area contributed by atoms with E-state index in [1.54, 1.807) is 12.1 Å². The minimum atomic E-state index is -0.244. The quantitative estimate of drug-likeness (QED) is 0.129. The number of aromatic nitrogens is 4. The Hall–Kier alpha value is -4.74. The highest BCUT2D eigenvalue weighted by molar-refractivity contribution is 5.95. The third-order valence-corrected chi connectivity index (χ3v) is 8.68. The lowest BCUT2D eigenvalue weighted by Crippen LogP contribution is -2.30. The number of anilines is 1. The van der Waals surface area contributed by atoms with Crippen molar-refractivity contribution in [2.24, 2.45) is 0 Å². The number of H-pyrrole nitrogens is 1. The minimum Gasteiger partial charge on any atom is -0.506 e. The number of nitrogens with one attached hydrogen (secondary N) is 4. The van der Waals surface area contributed by atoms with Gasteiger partial charge in [-0.2, -0.15) is 5.10 Å². The molecule has 5 aromatic rings. The lowest BCUT2D eigenvalue weighted by atomic mass is 10.0. The predicted octanol–water partition coefficient (Wildman–Crippen LogP) is 4.41. The highest BCUT2D eigenvalue weighted by Gasteiger charge is 2.22. The fourth-order valence-corrected chi connectivity index (χ4v) is 6.12. The number of carbonyl (C=O) groups excluding carboxylic acids is 1. The number of amides is 1. The maximum Gasteiger partial charge on any atom is 0.251 e. The number of hydrogen-bond acceptors (Lipinski definition) is 8. The smallest absolute Gasteiger partial charge is 0.251 e. The number of phenols is 1. The number of aryl methyl sites for hydroxylation is 2. The molecule has 1 amide bonds. The van der Waals surface area contributed by atoms with Crippen molar-refractivity contribution < 1.29 is 14.6 Å². The van der Waals surface area contributed by atoms with E-state index in [1.807, 2.05) is 41.2 Å². The van der Waals surface area contributed by atoms with Crippen molar-refractivity contribution in [3.63, 3.8) is 0 Å². The van der Waals surface area contributed by atoms with Crippen LogP contribution in [0.5, 0.6) is 5.75 Å². The summed E-state index contributed by atoms with van der Waals surface area (Å²) in [4.78, 5) is 32.6. The van der Waals surface area contributed by atoms with Crippen LogP contribution in [0.2, 0.25) is 0 Å². The lowest BCUT2D eigenvalue weighted by Gasteiger charge is -2.26. The van der Waals surface area contributed by atoms with Gasteiger partial charge < -0.3 is 30.8 Å². The summed E-state index contributed by atoms with van der Waals surface area (Å²) >= 11 is 0. The van der Waals surface area contributed by atoms with E-state index in [-0.39, 0.29) is 23.3 Å². The molecule has 5 N–H and O–H groups in total. The van der Waals surface area contributed by atoms with Crippen LogP contribution in [-0.4, -0.2) is 56.6 Å². The van der Waals surface area contributed by atoms with Gasteiger partial charge in [0.2, 0.25) is 5.56 Å². The Balaban J connectivity index is 1.09. The van der Waals surface area contributed by atoms with Crippen molar-refractivity contribution in [1.82, 2.24) is 30.4 Å². The van der Waals surface area contributed by atoms with E-state index in [9.17, 15) is 14.7 Å². The van der Waals surface area contributed by atoms with Crippen LogP contribution in [0.3, 0.4) is 0 Å². The summed E-state index contributed by atoms with van der Waals surface area (Å²) in [6, 6.07) is 14.6. The fraction of sp³-hybridized carbons (Fsp3) is 0.371. The largest absolute Gasteiger partial charge is 0.506 e. The Morgan fingerprint density at radius 3 is 2.61 bits per heavy atom. The van der Waals surface area contributed by atoms with Crippen LogP contribution in [-0.2, 0) is 37.2 Å². The van der Waals surface area contributed by atoms with Crippen molar-refractivity contribution in [2.75, 3.05) is 25.1 Å². The number of fused-ring (bicyclic) bond motifs is 2. The molecule has 1 aliphatic heterocycles. The summed E-state index contributed by atoms with van der Waals surface area (Å²) in [5.41, 5.74) is 6.73. The van der Waals surface area contributed by atoms with Gasteiger partial charge in [0.15, 0.2) is 5.65 Å². The van der Waals surface area contributed by atoms with Crippen LogP contribution in [0, 0.1) is 0 Å². The normalized spacial score (nSPS) is 13.8. The number of pyridine rings is 2. The third kappa shape index (κ3) is 6.75. The first-order chi connectivity index (χ1) is 22.4. The van der Waals surface area contributed by atoms with Gasteiger partial charge in [-0.25, -0.2) is 9.67 Å². The van der Waals surface area contributed by atoms with E-state index in [0.717, 1.165) is 89.9 Å². The summed E-state index contributed by atoms with van der Waals surface area (Å²) in [5.74, 6) is -0.0756. The molecule has 0 saturated carbocycles. The molecule has 1 saturated heterocycles. The zero-order valence-corrected chi connectivity index (χ0v) is 26.4. The van der Waals surface area contributed by atoms with Gasteiger partial charge in [0.25, 0.3) is 5.91 Å². The summed E-state index contributed by atoms with van der Waals surface area (Å²) < 4.78 is 7.49. The van der Waals surface area contributed by atoms with Crippen LogP contribution >= 0.6 is 0 Å². The summed E-state index contributed by atoms with van der Waals surface area (Å²) in [6.45, 7) is 8.06. The molecule has 0 atom stereocenters. The molecule has 4 heterocycles. The molecule has 6 rings (SSSR count). The molecular weight excluding hydrogens is 582 g/mol. The first-order valence-corrected chi connectivity index (χ1v) is 16.1. The molecule has 0 unspecified atom stereocenters. The van der Waals surface area contributed by atoms with Crippen molar-refractivity contribution in [3.05, 3.63) is 93.0 Å². The van der Waals surface area contributed by atoms with Gasteiger partial charge in [0.1, 0.15) is 5.75 Å². The van der Waals surface area contributed by atoms with Crippen LogP contribution in [0.25, 0.3) is 21.9 Å². The van der Waals surface area contributed by atoms with Gasteiger partial charge in [0, 0.05) is 67.2 Å². The molecule has 1 fully saturated rings. The standard InChI is InChI=1S/C35H41N7O4/c1-3-29-27(32(39-25-14-17-46-18-15-25)28-21-38-42(4-2)34(28)40-29)20-37-35(45)24-7-5-22(6-8-24)19-36-16-13-23-9-11-30(43)33-26(23)10-12-31(44)41-33/h5-12,21,25,36,43H,3-4,13-20H2,1-2H3,(H,37,45)(H,39,40)(H,41,44). The Bertz CT molecular complexity index is 1890. The zero-order valence-electron chi connectivity index (χ0n) is 26.4. The second-order valence-corrected chi connectivity index (χ2v) is 11.7. The number of rotatable bonds is 12. The third-order valence-electron chi connectivity index (χ3n) is 8.68. The summed E-state index contributed by atoms with van der Waals surface area (Å²) in [7, 11) is 0. The molecular formula is C35H41N7O4. The van der Waals surface area contributed by atoms with E-state index in [2.05, 4.69) is 39.9 Å². The van der Waals surface area contributed by atoms with Gasteiger partial charge in [-0.05, 0) is 74.5 Å². The predicted molar refractivity (Wildman–Crippen MR) is 179 cm³/mol. The van der Waals surface area contributed by atoms with E-state index in [4.69, 9.17) is 9.72 Å². The molecule has 0 spiro atoms. The number of carbonyl (C=O) groups is 1. The molecule has 11 heteroatoms. The topological polar surface area (TPSA) is 146 Å². The highest BCUT2D eigenvalue weighted by atomic mass is 16.5. The fourth-order valence-electron chi connectivity index (χ4n) is 6.12. The molecule has 0 bridgehead atoms. The molecule has 46 heavy (non-hydrogen) atoms. The molecule has 2 aromatic carbocycles. The van der Waals surface area contributed by atoms with E-state index < -0.39 is 0 Å². The van der Waals surface area contributed by atoms with Crippen LogP contribution in [0.15, 0.2) is 59.5 Å². The molecule has 240 valence electrons. The van der Waals surface area contributed by atoms with Crippen LogP contribution in [0.4, 0.5) is 5.69 Å². The monoisotopic (exact) mass is 623 g/mol. The van der Waals surface area contributed by atoms with Gasteiger partial charge in [-0.15, -0.1) is 0 Å². The van der Waals surface area contributed by atoms with E-state index in [1.165, 1.54) is 6.07 Å². The highest BCUT2D eigenvalue weighted by Crippen LogP contribution is 2.31. The number of hydrogen-bond donors (Lipinski definition) is 5. The minimum absolute atomic E-state index is 0.0631. The summed E-state index contributed by atoms with van der Waals surface area (Å²) in [5, 5.41) is 26.8. The number of benzene rings is 2. The summed E-state index contributed by atoms with van der Waals surface area (Å²) in [6.07, 6.45) is 5.20. The maximum atomic E-state index is 13.3. The second kappa shape index (κ2) is 14.1. The molecule has 0 aliphatic carbocycles. The first kappa shape index (κ1) is 31.3. The van der Waals surface area contributed by atoms with E-state index in [0.29, 0.717) is 30.7 Å². The van der Waals surface area contributed by atoms with Crippen molar-refractivity contribution in [1.29, 1.82) is 0 Å². The number of aromatic amines is 1. The van der Waals surface area contributed by atoms with Crippen molar-refractivity contribution >= 4 is 33.5 Å². The number of nitrogens with zero attached hydrogens (tertiary/aromatic N) is 3. The molecule has 11 nitrogen and oxygen atoms in total. The van der Waals surface area contributed by atoms with Gasteiger partial charge in [-0.1, -0.05) is 25.1 Å². The first-order valence-electron chi connectivity index (χ1n) is 16.1. The number of aromatic hydroxyl groups is 1. The number of ether oxygens (including phenoxy) is 1. The Morgan fingerprint density at radius 2 is 1.85 bits per heavy atom. The average Bonchev–Trinajstić information content (AvgIpc) is 3.50. The van der Waals surface area contributed by atoms with Gasteiger partial charge in [0.05, 0.1) is 22.8 Å². The molecule has 3 aromatic heterocycles. The molecule has 0 radical (unpaired) electrons. The van der Waals surface area contributed by atoms with Crippen LogP contribution in [0.1, 0.15) is 59.4 Å². The average molecular weight is 624 g/mol. The van der Waals surface area contributed by atoms with E-state index >= 15 is 0 Å². The van der Waals surface area contributed by atoms with Crippen LogP contribution < -0.4 is 21.5 Å².